The summed E-state index contributed by atoms with van der Waals surface area (Å²) in [6, 6.07) is 3.71. The van der Waals surface area contributed by atoms with Crippen molar-refractivity contribution < 1.29 is 27.1 Å². The van der Waals surface area contributed by atoms with Crippen LogP contribution in [0.4, 0.5) is 23.2 Å². The summed E-state index contributed by atoms with van der Waals surface area (Å²) < 4.78 is 59.7. The molecule has 1 aromatic heterocycles. The fourth-order valence-electron chi connectivity index (χ4n) is 3.41. The summed E-state index contributed by atoms with van der Waals surface area (Å²) in [7, 11) is 0. The maximum atomic E-state index is 14.8. The zero-order chi connectivity index (χ0) is 22.2. The normalized spacial score (nSPS) is 22.8. The second kappa shape index (κ2) is 8.17. The van der Waals surface area contributed by atoms with E-state index >= 15 is 0 Å². The average Bonchev–Trinajstić information content (AvgIpc) is 2.75. The Balaban J connectivity index is 1.66. The van der Waals surface area contributed by atoms with Crippen molar-refractivity contribution in [1.29, 1.82) is 0 Å². The van der Waals surface area contributed by atoms with Gasteiger partial charge in [0.2, 0.25) is 0 Å². The van der Waals surface area contributed by atoms with Crippen LogP contribution in [-0.2, 0) is 10.3 Å². The van der Waals surface area contributed by atoms with Gasteiger partial charge in [-0.05, 0) is 18.2 Å². The first kappa shape index (κ1) is 21.1. The minimum absolute atomic E-state index is 0.000863. The molecule has 4 rings (SSSR count). The molecule has 0 unspecified atom stereocenters. The molecule has 1 amide bonds. The maximum absolute atomic E-state index is 14.8. The van der Waals surface area contributed by atoms with Gasteiger partial charge in [0.1, 0.15) is 41.4 Å². The number of rotatable bonds is 4. The second-order valence-corrected chi connectivity index (χ2v) is 7.87. The van der Waals surface area contributed by atoms with Gasteiger partial charge in [-0.2, -0.15) is 0 Å². The SMILES string of the molecule is NC1=N[C@@]2(c3cc(NC(=O)c4cnc(C(F)F)cn4)ccc3F)COC=C(F)[C@H]2CS1. The number of ether oxygens (including phenoxy) is 1. The van der Waals surface area contributed by atoms with Crippen molar-refractivity contribution in [3.05, 3.63) is 65.5 Å². The number of aromatic nitrogens is 2. The highest BCUT2D eigenvalue weighted by atomic mass is 32.2. The van der Waals surface area contributed by atoms with Crippen molar-refractivity contribution in [2.75, 3.05) is 17.7 Å². The van der Waals surface area contributed by atoms with Gasteiger partial charge in [0.15, 0.2) is 5.17 Å². The lowest BCUT2D eigenvalue weighted by Gasteiger charge is -2.41. The number of carbonyl (C=O) groups is 1. The number of fused-ring (bicyclic) bond motifs is 1. The Kier molecular flexibility index (Phi) is 5.56. The summed E-state index contributed by atoms with van der Waals surface area (Å²) in [5.41, 5.74) is 3.80. The third-order valence-electron chi connectivity index (χ3n) is 4.93. The van der Waals surface area contributed by atoms with E-state index in [2.05, 4.69) is 20.3 Å². The Hall–Kier alpha value is -3.15. The number of aliphatic imine (C=N–C) groups is 1. The monoisotopic (exact) mass is 453 g/mol. The molecule has 2 aromatic rings. The second-order valence-electron chi connectivity index (χ2n) is 6.83. The lowest BCUT2D eigenvalue weighted by molar-refractivity contribution is 0.0944. The smallest absolute Gasteiger partial charge is 0.281 e. The van der Waals surface area contributed by atoms with E-state index in [-0.39, 0.29) is 34.5 Å². The molecule has 0 saturated heterocycles. The number of nitrogens with one attached hydrogen (secondary N) is 1. The number of alkyl halides is 2. The fourth-order valence-corrected chi connectivity index (χ4v) is 4.41. The van der Waals surface area contributed by atoms with Gasteiger partial charge >= 0.3 is 0 Å². The Morgan fingerprint density at radius 3 is 2.81 bits per heavy atom. The van der Waals surface area contributed by atoms with Gasteiger partial charge in [0, 0.05) is 17.0 Å². The summed E-state index contributed by atoms with van der Waals surface area (Å²) in [5, 5.41) is 2.66. The van der Waals surface area contributed by atoms with E-state index in [0.717, 1.165) is 36.5 Å². The molecule has 2 aliphatic heterocycles. The van der Waals surface area contributed by atoms with Crippen LogP contribution in [0.25, 0.3) is 0 Å². The van der Waals surface area contributed by atoms with Crippen molar-refractivity contribution in [2.24, 2.45) is 16.6 Å². The first-order valence-electron chi connectivity index (χ1n) is 8.97. The zero-order valence-corrected chi connectivity index (χ0v) is 16.5. The Bertz CT molecular complexity index is 1080. The van der Waals surface area contributed by atoms with E-state index in [9.17, 15) is 22.4 Å². The van der Waals surface area contributed by atoms with Crippen molar-refractivity contribution in [3.63, 3.8) is 0 Å². The van der Waals surface area contributed by atoms with Gasteiger partial charge in [-0.25, -0.2) is 27.5 Å². The van der Waals surface area contributed by atoms with Crippen LogP contribution in [0.15, 0.2) is 47.7 Å². The van der Waals surface area contributed by atoms with Crippen LogP contribution in [0.5, 0.6) is 0 Å². The topological polar surface area (TPSA) is 102 Å². The number of amides is 1. The number of benzene rings is 1. The summed E-state index contributed by atoms with van der Waals surface area (Å²) in [6.07, 6.45) is -0.129. The molecule has 0 bridgehead atoms. The third-order valence-corrected chi connectivity index (χ3v) is 5.82. The summed E-state index contributed by atoms with van der Waals surface area (Å²) >= 11 is 1.15. The molecular formula is C19H15F4N5O2S. The third kappa shape index (κ3) is 3.94. The van der Waals surface area contributed by atoms with Crippen LogP contribution in [0, 0.1) is 11.7 Å². The van der Waals surface area contributed by atoms with Crippen molar-refractivity contribution in [1.82, 2.24) is 9.97 Å². The van der Waals surface area contributed by atoms with Crippen LogP contribution in [0.2, 0.25) is 0 Å². The van der Waals surface area contributed by atoms with Gasteiger partial charge in [-0.15, -0.1) is 0 Å². The number of nitrogens with two attached hydrogens (primary N) is 1. The molecule has 0 saturated carbocycles. The molecule has 2 aliphatic rings. The van der Waals surface area contributed by atoms with Gasteiger partial charge < -0.3 is 15.8 Å². The number of nitrogens with zero attached hydrogens (tertiary/aromatic N) is 3. The van der Waals surface area contributed by atoms with Gasteiger partial charge in [-0.1, -0.05) is 11.8 Å². The lowest BCUT2D eigenvalue weighted by Crippen LogP contribution is -2.46. The molecule has 2 atom stereocenters. The highest BCUT2D eigenvalue weighted by Crippen LogP contribution is 2.47. The van der Waals surface area contributed by atoms with Gasteiger partial charge in [-0.3, -0.25) is 9.78 Å². The van der Waals surface area contributed by atoms with Gasteiger partial charge in [0.25, 0.3) is 12.3 Å². The van der Waals surface area contributed by atoms with E-state index in [1.54, 1.807) is 0 Å². The molecule has 162 valence electrons. The zero-order valence-electron chi connectivity index (χ0n) is 15.7. The molecular weight excluding hydrogens is 438 g/mol. The predicted molar refractivity (Wildman–Crippen MR) is 106 cm³/mol. The van der Waals surface area contributed by atoms with E-state index in [4.69, 9.17) is 10.5 Å². The van der Waals surface area contributed by atoms with Crippen molar-refractivity contribution in [3.8, 4) is 0 Å². The number of hydrogen-bond acceptors (Lipinski definition) is 7. The van der Waals surface area contributed by atoms with Crippen LogP contribution in [-0.4, -0.2) is 33.4 Å². The van der Waals surface area contributed by atoms with E-state index in [0.29, 0.717) is 0 Å². The van der Waals surface area contributed by atoms with E-state index in [1.807, 2.05) is 0 Å². The molecule has 3 N–H and O–H groups in total. The molecule has 1 aromatic carbocycles. The average molecular weight is 453 g/mol. The first-order valence-corrected chi connectivity index (χ1v) is 9.95. The maximum Gasteiger partial charge on any atom is 0.281 e. The van der Waals surface area contributed by atoms with Crippen LogP contribution < -0.4 is 11.1 Å². The number of carbonyl (C=O) groups excluding carboxylic acids is 1. The minimum Gasteiger partial charge on any atom is -0.496 e. The summed E-state index contributed by atoms with van der Waals surface area (Å²) in [4.78, 5) is 23.9. The van der Waals surface area contributed by atoms with Crippen LogP contribution >= 0.6 is 11.8 Å². The largest absolute Gasteiger partial charge is 0.496 e. The predicted octanol–water partition coefficient (Wildman–Crippen LogP) is 3.52. The standard InChI is InChI=1S/C19H15F4N5O2S/c20-12-2-1-9(27-17(29)15-5-25-14(4-26-15)16(22)23)3-10(12)19-8-30-6-13(21)11(19)7-31-18(24)28-19/h1-6,11,16H,7-8H2,(H2,24,28)(H,27,29)/t11-,19-/m1/s1. The van der Waals surface area contributed by atoms with E-state index in [1.165, 1.54) is 12.1 Å². The number of anilines is 1. The molecule has 0 aliphatic carbocycles. The lowest BCUT2D eigenvalue weighted by atomic mass is 9.77. The van der Waals surface area contributed by atoms with Crippen LogP contribution in [0.3, 0.4) is 0 Å². The molecule has 3 heterocycles. The highest BCUT2D eigenvalue weighted by Gasteiger charge is 2.50. The number of hydrogen-bond donors (Lipinski definition) is 2. The molecule has 12 heteroatoms. The van der Waals surface area contributed by atoms with Gasteiger partial charge in [0.05, 0.1) is 18.3 Å². The van der Waals surface area contributed by atoms with Crippen molar-refractivity contribution in [2.45, 2.75) is 12.0 Å². The molecule has 0 spiro atoms. The molecule has 0 radical (unpaired) electrons. The number of halogens is 4. The first-order chi connectivity index (χ1) is 14.8. The highest BCUT2D eigenvalue weighted by molar-refractivity contribution is 8.13. The van der Waals surface area contributed by atoms with Crippen LogP contribution in [0.1, 0.15) is 28.2 Å². The minimum atomic E-state index is -2.81. The van der Waals surface area contributed by atoms with Crippen molar-refractivity contribution >= 4 is 28.5 Å². The Labute approximate surface area is 177 Å². The summed E-state index contributed by atoms with van der Waals surface area (Å²) in [5.74, 6) is -2.56. The summed E-state index contributed by atoms with van der Waals surface area (Å²) in [6.45, 7) is -0.138. The Morgan fingerprint density at radius 1 is 1.29 bits per heavy atom. The fraction of sp³-hybridized carbons (Fsp3) is 0.263. The molecule has 7 nitrogen and oxygen atoms in total. The molecule has 31 heavy (non-hydrogen) atoms. The molecule has 0 fully saturated rings. The quantitative estimate of drug-likeness (QED) is 0.687. The Morgan fingerprint density at radius 2 is 2.10 bits per heavy atom. The number of thioether (sulfide) groups is 1. The number of amidine groups is 1. The van der Waals surface area contributed by atoms with E-state index < -0.39 is 41.1 Å².